The molecular weight excluding hydrogens is 277 g/mol. The summed E-state index contributed by atoms with van der Waals surface area (Å²) in [6.45, 7) is 1.08. The minimum Gasteiger partial charge on any atom is -0.306 e. The monoisotopic (exact) mass is 292 g/mol. The van der Waals surface area contributed by atoms with Crippen LogP contribution in [0.3, 0.4) is 0 Å². The number of hydrogen-bond donors (Lipinski definition) is 1. The maximum absolute atomic E-state index is 12.4. The zero-order valence-corrected chi connectivity index (χ0v) is 10.9. The van der Waals surface area contributed by atoms with E-state index in [4.69, 9.17) is 0 Å². The van der Waals surface area contributed by atoms with Crippen LogP contribution < -0.4 is 5.32 Å². The van der Waals surface area contributed by atoms with Crippen LogP contribution in [0.25, 0.3) is 0 Å². The van der Waals surface area contributed by atoms with Crippen molar-refractivity contribution in [1.29, 1.82) is 0 Å². The quantitative estimate of drug-likeness (QED) is 0.916. The van der Waals surface area contributed by atoms with Gasteiger partial charge < -0.3 is 5.32 Å². The van der Waals surface area contributed by atoms with Crippen molar-refractivity contribution in [3.8, 4) is 0 Å². The van der Waals surface area contributed by atoms with Crippen LogP contribution in [0.5, 0.6) is 0 Å². The SMILES string of the molecule is Cc1nonc1NC(=O)C1CCCN(CC(F)(F)F)C1. The van der Waals surface area contributed by atoms with E-state index in [0.29, 0.717) is 25.1 Å². The van der Waals surface area contributed by atoms with Gasteiger partial charge in [0.2, 0.25) is 5.91 Å². The number of alkyl halides is 3. The number of carbonyl (C=O) groups excluding carboxylic acids is 1. The van der Waals surface area contributed by atoms with E-state index in [0.717, 1.165) is 0 Å². The summed E-state index contributed by atoms with van der Waals surface area (Å²) < 4.78 is 41.5. The number of anilines is 1. The highest BCUT2D eigenvalue weighted by Crippen LogP contribution is 2.23. The zero-order chi connectivity index (χ0) is 14.8. The average Bonchev–Trinajstić information content (AvgIpc) is 2.73. The van der Waals surface area contributed by atoms with Crippen molar-refractivity contribution < 1.29 is 22.6 Å². The molecule has 1 fully saturated rings. The Hall–Kier alpha value is -1.64. The van der Waals surface area contributed by atoms with Gasteiger partial charge in [0.25, 0.3) is 0 Å². The molecule has 0 spiro atoms. The Labute approximate surface area is 113 Å². The Morgan fingerprint density at radius 2 is 2.25 bits per heavy atom. The van der Waals surface area contributed by atoms with Crippen LogP contribution >= 0.6 is 0 Å². The standard InChI is InChI=1S/C11H15F3N4O2/c1-7-9(17-20-16-7)15-10(19)8-3-2-4-18(5-8)6-11(12,13)14/h8H,2-6H2,1H3,(H,15,17,19). The second kappa shape index (κ2) is 5.78. The highest BCUT2D eigenvalue weighted by Gasteiger charge is 2.34. The number of hydrogen-bond acceptors (Lipinski definition) is 5. The van der Waals surface area contributed by atoms with E-state index in [9.17, 15) is 18.0 Å². The number of carbonyl (C=O) groups is 1. The van der Waals surface area contributed by atoms with Gasteiger partial charge in [-0.25, -0.2) is 4.63 Å². The molecule has 20 heavy (non-hydrogen) atoms. The van der Waals surface area contributed by atoms with E-state index < -0.39 is 18.6 Å². The van der Waals surface area contributed by atoms with Gasteiger partial charge in [-0.05, 0) is 31.5 Å². The Bertz CT molecular complexity index is 474. The summed E-state index contributed by atoms with van der Waals surface area (Å²) in [6.07, 6.45) is -3.13. The molecular formula is C11H15F3N4O2. The molecule has 6 nitrogen and oxygen atoms in total. The largest absolute Gasteiger partial charge is 0.401 e. The zero-order valence-electron chi connectivity index (χ0n) is 10.9. The number of halogens is 3. The van der Waals surface area contributed by atoms with Crippen LogP contribution in [0.15, 0.2) is 4.63 Å². The van der Waals surface area contributed by atoms with E-state index in [1.807, 2.05) is 0 Å². The average molecular weight is 292 g/mol. The molecule has 112 valence electrons. The van der Waals surface area contributed by atoms with Gasteiger partial charge in [0.15, 0.2) is 5.82 Å². The van der Waals surface area contributed by atoms with Gasteiger partial charge in [0.1, 0.15) is 5.69 Å². The number of amides is 1. The molecule has 2 rings (SSSR count). The Kier molecular flexibility index (Phi) is 4.26. The van der Waals surface area contributed by atoms with Gasteiger partial charge in [-0.3, -0.25) is 9.69 Å². The third kappa shape index (κ3) is 3.92. The van der Waals surface area contributed by atoms with Gasteiger partial charge >= 0.3 is 6.18 Å². The van der Waals surface area contributed by atoms with Crippen molar-refractivity contribution >= 4 is 11.7 Å². The lowest BCUT2D eigenvalue weighted by molar-refractivity contribution is -0.151. The van der Waals surface area contributed by atoms with E-state index in [-0.39, 0.29) is 18.3 Å². The molecule has 1 saturated heterocycles. The molecule has 1 unspecified atom stereocenters. The normalized spacial score (nSPS) is 20.9. The van der Waals surface area contributed by atoms with Gasteiger partial charge in [0.05, 0.1) is 12.5 Å². The molecule has 1 aromatic rings. The molecule has 0 aromatic carbocycles. The van der Waals surface area contributed by atoms with Crippen molar-refractivity contribution in [1.82, 2.24) is 15.2 Å². The summed E-state index contributed by atoms with van der Waals surface area (Å²) in [7, 11) is 0. The predicted octanol–water partition coefficient (Wildman–Crippen LogP) is 1.59. The molecule has 1 aliphatic heterocycles. The fraction of sp³-hybridized carbons (Fsp3) is 0.727. The molecule has 0 aliphatic carbocycles. The van der Waals surface area contributed by atoms with E-state index >= 15 is 0 Å². The Morgan fingerprint density at radius 3 is 2.85 bits per heavy atom. The van der Waals surface area contributed by atoms with Gasteiger partial charge in [-0.2, -0.15) is 13.2 Å². The van der Waals surface area contributed by atoms with Crippen molar-refractivity contribution in [3.05, 3.63) is 5.69 Å². The molecule has 1 atom stereocenters. The number of piperidine rings is 1. The molecule has 1 amide bonds. The van der Waals surface area contributed by atoms with Crippen LogP contribution in [0, 0.1) is 12.8 Å². The molecule has 1 N–H and O–H groups in total. The van der Waals surface area contributed by atoms with E-state index in [1.165, 1.54) is 4.90 Å². The van der Waals surface area contributed by atoms with Crippen LogP contribution in [0.1, 0.15) is 18.5 Å². The lowest BCUT2D eigenvalue weighted by Crippen LogP contribution is -2.44. The van der Waals surface area contributed by atoms with Crippen LogP contribution in [0.2, 0.25) is 0 Å². The molecule has 9 heteroatoms. The number of nitrogens with one attached hydrogen (secondary N) is 1. The van der Waals surface area contributed by atoms with Gasteiger partial charge in [-0.15, -0.1) is 0 Å². The second-order valence-electron chi connectivity index (χ2n) is 4.88. The molecule has 0 saturated carbocycles. The van der Waals surface area contributed by atoms with Gasteiger partial charge in [0, 0.05) is 6.54 Å². The molecule has 1 aliphatic rings. The lowest BCUT2D eigenvalue weighted by atomic mass is 9.97. The second-order valence-corrected chi connectivity index (χ2v) is 4.88. The smallest absolute Gasteiger partial charge is 0.306 e. The minimum absolute atomic E-state index is 0.0929. The summed E-state index contributed by atoms with van der Waals surface area (Å²) in [6, 6.07) is 0. The topological polar surface area (TPSA) is 71.3 Å². The third-order valence-corrected chi connectivity index (χ3v) is 3.17. The third-order valence-electron chi connectivity index (χ3n) is 3.17. The fourth-order valence-corrected chi connectivity index (χ4v) is 2.23. The van der Waals surface area contributed by atoms with Gasteiger partial charge in [-0.1, -0.05) is 5.16 Å². The minimum atomic E-state index is -4.25. The summed E-state index contributed by atoms with van der Waals surface area (Å²) in [4.78, 5) is 13.3. The number of aryl methyl sites for hydroxylation is 1. The first kappa shape index (κ1) is 14.8. The van der Waals surface area contributed by atoms with Crippen molar-refractivity contribution in [2.45, 2.75) is 25.9 Å². The first-order valence-electron chi connectivity index (χ1n) is 6.24. The van der Waals surface area contributed by atoms with Crippen molar-refractivity contribution in [2.24, 2.45) is 5.92 Å². The molecule has 0 radical (unpaired) electrons. The highest BCUT2D eigenvalue weighted by atomic mass is 19.4. The van der Waals surface area contributed by atoms with E-state index in [1.54, 1.807) is 6.92 Å². The van der Waals surface area contributed by atoms with Crippen LogP contribution in [0.4, 0.5) is 19.0 Å². The van der Waals surface area contributed by atoms with Crippen LogP contribution in [-0.4, -0.2) is 46.9 Å². The van der Waals surface area contributed by atoms with E-state index in [2.05, 4.69) is 20.3 Å². The molecule has 1 aromatic heterocycles. The predicted molar refractivity (Wildman–Crippen MR) is 62.9 cm³/mol. The Balaban J connectivity index is 1.91. The number of nitrogens with zero attached hydrogens (tertiary/aromatic N) is 3. The number of aromatic nitrogens is 2. The van der Waals surface area contributed by atoms with Crippen molar-refractivity contribution in [2.75, 3.05) is 25.0 Å². The Morgan fingerprint density at radius 1 is 1.50 bits per heavy atom. The highest BCUT2D eigenvalue weighted by molar-refractivity contribution is 5.92. The van der Waals surface area contributed by atoms with Crippen molar-refractivity contribution in [3.63, 3.8) is 0 Å². The summed E-state index contributed by atoms with van der Waals surface area (Å²) in [5.74, 6) is -0.624. The maximum atomic E-state index is 12.4. The summed E-state index contributed by atoms with van der Waals surface area (Å²) in [5, 5.41) is 9.56. The summed E-state index contributed by atoms with van der Waals surface area (Å²) in [5.41, 5.74) is 0.432. The number of rotatable bonds is 3. The fourth-order valence-electron chi connectivity index (χ4n) is 2.23. The first-order valence-corrected chi connectivity index (χ1v) is 6.24. The first-order chi connectivity index (χ1) is 9.35. The molecule has 0 bridgehead atoms. The summed E-state index contributed by atoms with van der Waals surface area (Å²) >= 11 is 0. The van der Waals surface area contributed by atoms with Crippen LogP contribution in [-0.2, 0) is 4.79 Å². The maximum Gasteiger partial charge on any atom is 0.401 e. The molecule has 2 heterocycles. The number of likely N-dealkylation sites (tertiary alicyclic amines) is 1. The lowest BCUT2D eigenvalue weighted by Gasteiger charge is -2.32.